The highest BCUT2D eigenvalue weighted by Gasteiger charge is 2.15. The Kier molecular flexibility index (Phi) is 4.22. The molecule has 0 spiro atoms. The van der Waals surface area contributed by atoms with Crippen molar-refractivity contribution in [1.82, 2.24) is 4.98 Å². The molecule has 0 fully saturated rings. The van der Waals surface area contributed by atoms with Crippen molar-refractivity contribution in [2.45, 2.75) is 47.0 Å². The summed E-state index contributed by atoms with van der Waals surface area (Å²) in [5.74, 6) is 0.245. The van der Waals surface area contributed by atoms with E-state index in [0.29, 0.717) is 6.42 Å². The lowest BCUT2D eigenvalue weighted by Gasteiger charge is -2.17. The van der Waals surface area contributed by atoms with Crippen LogP contribution < -0.4 is 0 Å². The second-order valence-electron chi connectivity index (χ2n) is 5.37. The Morgan fingerprint density at radius 2 is 2.06 bits per heavy atom. The third-order valence-corrected chi connectivity index (χ3v) is 2.69. The molecular weight excluding hydrogens is 198 g/mol. The van der Waals surface area contributed by atoms with Gasteiger partial charge < -0.3 is 0 Å². The second-order valence-corrected chi connectivity index (χ2v) is 5.37. The van der Waals surface area contributed by atoms with Gasteiger partial charge in [-0.15, -0.1) is 0 Å². The van der Waals surface area contributed by atoms with E-state index in [4.69, 9.17) is 0 Å². The summed E-state index contributed by atoms with van der Waals surface area (Å²) in [7, 11) is 0. The van der Waals surface area contributed by atoms with Gasteiger partial charge in [0, 0.05) is 24.4 Å². The van der Waals surface area contributed by atoms with Crippen LogP contribution in [0, 0.1) is 5.41 Å². The Morgan fingerprint density at radius 1 is 1.38 bits per heavy atom. The number of aryl methyl sites for hydroxylation is 1. The molecule has 0 saturated heterocycles. The smallest absolute Gasteiger partial charge is 0.163 e. The van der Waals surface area contributed by atoms with Crippen LogP contribution >= 0.6 is 0 Å². The molecule has 0 unspecified atom stereocenters. The minimum atomic E-state index is 0.217. The van der Waals surface area contributed by atoms with Crippen LogP contribution in [0.25, 0.3) is 0 Å². The zero-order valence-corrected chi connectivity index (χ0v) is 10.7. The van der Waals surface area contributed by atoms with Gasteiger partial charge in [-0.25, -0.2) is 0 Å². The van der Waals surface area contributed by atoms with Crippen molar-refractivity contribution < 1.29 is 4.79 Å². The molecule has 0 atom stereocenters. The van der Waals surface area contributed by atoms with Gasteiger partial charge in [0.1, 0.15) is 0 Å². The van der Waals surface area contributed by atoms with Crippen LogP contribution in [-0.2, 0) is 6.42 Å². The lowest BCUT2D eigenvalue weighted by molar-refractivity contribution is 0.0965. The molecule has 16 heavy (non-hydrogen) atoms. The molecule has 0 N–H and O–H groups in total. The highest BCUT2D eigenvalue weighted by atomic mass is 16.1. The van der Waals surface area contributed by atoms with Gasteiger partial charge in [0.05, 0.1) is 0 Å². The van der Waals surface area contributed by atoms with Crippen LogP contribution in [-0.4, -0.2) is 10.8 Å². The third-order valence-electron chi connectivity index (χ3n) is 2.69. The van der Waals surface area contributed by atoms with E-state index in [-0.39, 0.29) is 11.2 Å². The van der Waals surface area contributed by atoms with Gasteiger partial charge in [0.2, 0.25) is 0 Å². The van der Waals surface area contributed by atoms with Gasteiger partial charge in [-0.3, -0.25) is 9.78 Å². The fraction of sp³-hybridized carbons (Fsp3) is 0.571. The molecular formula is C14H21NO. The molecule has 88 valence electrons. The van der Waals surface area contributed by atoms with E-state index in [0.717, 1.165) is 24.0 Å². The molecule has 2 heteroatoms. The fourth-order valence-electron chi connectivity index (χ4n) is 1.60. The Labute approximate surface area is 98.1 Å². The monoisotopic (exact) mass is 219 g/mol. The number of carbonyl (C=O) groups is 1. The largest absolute Gasteiger partial charge is 0.294 e. The third kappa shape index (κ3) is 3.76. The first-order valence-corrected chi connectivity index (χ1v) is 5.90. The van der Waals surface area contributed by atoms with Crippen LogP contribution in [0.2, 0.25) is 0 Å². The molecule has 0 aliphatic carbocycles. The molecule has 1 rings (SSSR count). The van der Waals surface area contributed by atoms with Crippen molar-refractivity contribution in [3.05, 3.63) is 29.6 Å². The molecule has 2 nitrogen and oxygen atoms in total. The highest BCUT2D eigenvalue weighted by molar-refractivity contribution is 5.97. The van der Waals surface area contributed by atoms with E-state index in [1.165, 1.54) is 0 Å². The summed E-state index contributed by atoms with van der Waals surface area (Å²) in [5.41, 5.74) is 2.12. The normalized spacial score (nSPS) is 11.5. The Bertz CT molecular complexity index is 363. The maximum atomic E-state index is 12.0. The average Bonchev–Trinajstić information content (AvgIpc) is 2.25. The van der Waals surface area contributed by atoms with Gasteiger partial charge in [-0.2, -0.15) is 0 Å². The quantitative estimate of drug-likeness (QED) is 0.723. The maximum absolute atomic E-state index is 12.0. The van der Waals surface area contributed by atoms with Crippen LogP contribution in [0.5, 0.6) is 0 Å². The van der Waals surface area contributed by atoms with E-state index in [1.807, 2.05) is 6.07 Å². The minimum Gasteiger partial charge on any atom is -0.294 e. The van der Waals surface area contributed by atoms with Gasteiger partial charge in [0.25, 0.3) is 0 Å². The number of rotatable bonds is 4. The first-order valence-electron chi connectivity index (χ1n) is 5.90. The van der Waals surface area contributed by atoms with Gasteiger partial charge in [-0.05, 0) is 29.9 Å². The van der Waals surface area contributed by atoms with Crippen molar-refractivity contribution >= 4 is 5.78 Å². The number of ketones is 1. The molecule has 0 bridgehead atoms. The van der Waals surface area contributed by atoms with Crippen molar-refractivity contribution in [3.63, 3.8) is 0 Å². The van der Waals surface area contributed by atoms with Crippen molar-refractivity contribution in [1.29, 1.82) is 0 Å². The molecule has 0 aliphatic rings. The van der Waals surface area contributed by atoms with Crippen LogP contribution in [0.3, 0.4) is 0 Å². The summed E-state index contributed by atoms with van der Waals surface area (Å²) < 4.78 is 0. The van der Waals surface area contributed by atoms with Crippen molar-refractivity contribution in [2.24, 2.45) is 5.41 Å². The summed E-state index contributed by atoms with van der Waals surface area (Å²) in [6, 6.07) is 1.84. The van der Waals surface area contributed by atoms with Gasteiger partial charge in [-0.1, -0.05) is 27.7 Å². The predicted molar refractivity (Wildman–Crippen MR) is 66.6 cm³/mol. The predicted octanol–water partition coefficient (Wildman–Crippen LogP) is 3.65. The number of carbonyl (C=O) groups excluding carboxylic acids is 1. The summed E-state index contributed by atoms with van der Waals surface area (Å²) in [6.07, 6.45) is 5.91. The summed E-state index contributed by atoms with van der Waals surface area (Å²) in [5, 5.41) is 0. The zero-order chi connectivity index (χ0) is 12.2. The molecule has 0 aromatic carbocycles. The van der Waals surface area contributed by atoms with Crippen molar-refractivity contribution in [3.8, 4) is 0 Å². The number of Topliss-reactive ketones (excluding diaryl/α,β-unsaturated/α-hetero) is 1. The summed E-state index contributed by atoms with van der Waals surface area (Å²) >= 11 is 0. The lowest BCUT2D eigenvalue weighted by atomic mass is 9.88. The average molecular weight is 219 g/mol. The molecule has 0 radical (unpaired) electrons. The Morgan fingerprint density at radius 3 is 2.62 bits per heavy atom. The summed E-state index contributed by atoms with van der Waals surface area (Å²) in [4.78, 5) is 16.1. The topological polar surface area (TPSA) is 30.0 Å². The number of hydrogen-bond donors (Lipinski definition) is 0. The number of aromatic nitrogens is 1. The first kappa shape index (κ1) is 12.9. The van der Waals surface area contributed by atoms with Gasteiger partial charge in [0.15, 0.2) is 5.78 Å². The van der Waals surface area contributed by atoms with E-state index in [1.54, 1.807) is 12.4 Å². The molecule has 1 aromatic heterocycles. The van der Waals surface area contributed by atoms with E-state index < -0.39 is 0 Å². The molecule has 1 aromatic rings. The number of nitrogens with zero attached hydrogens (tertiary/aromatic N) is 1. The first-order chi connectivity index (χ1) is 7.44. The second kappa shape index (κ2) is 5.24. The SMILES string of the molecule is CCc1cnccc1C(=O)CCC(C)(C)C. The van der Waals surface area contributed by atoms with Crippen LogP contribution in [0.15, 0.2) is 18.5 Å². The zero-order valence-electron chi connectivity index (χ0n) is 10.7. The number of hydrogen-bond acceptors (Lipinski definition) is 2. The lowest BCUT2D eigenvalue weighted by Crippen LogP contribution is -2.10. The molecule has 0 amide bonds. The molecule has 1 heterocycles. The highest BCUT2D eigenvalue weighted by Crippen LogP contribution is 2.22. The molecule has 0 saturated carbocycles. The summed E-state index contributed by atoms with van der Waals surface area (Å²) in [6.45, 7) is 8.53. The van der Waals surface area contributed by atoms with Crippen LogP contribution in [0.4, 0.5) is 0 Å². The van der Waals surface area contributed by atoms with Crippen molar-refractivity contribution in [2.75, 3.05) is 0 Å². The molecule has 0 aliphatic heterocycles. The Hall–Kier alpha value is -1.18. The number of pyridine rings is 1. The fourth-order valence-corrected chi connectivity index (χ4v) is 1.60. The van der Waals surface area contributed by atoms with E-state index in [9.17, 15) is 4.79 Å². The van der Waals surface area contributed by atoms with E-state index >= 15 is 0 Å². The standard InChI is InChI=1S/C14H21NO/c1-5-11-10-15-9-7-12(11)13(16)6-8-14(2,3)4/h7,9-10H,5-6,8H2,1-4H3. The van der Waals surface area contributed by atoms with E-state index in [2.05, 4.69) is 32.7 Å². The van der Waals surface area contributed by atoms with Crippen LogP contribution in [0.1, 0.15) is 56.5 Å². The Balaban J connectivity index is 2.73. The maximum Gasteiger partial charge on any atom is 0.163 e. The minimum absolute atomic E-state index is 0.217. The van der Waals surface area contributed by atoms with Gasteiger partial charge >= 0.3 is 0 Å².